The molecule has 0 bridgehead atoms. The van der Waals surface area contributed by atoms with Crippen LogP contribution < -0.4 is 10.9 Å². The van der Waals surface area contributed by atoms with Crippen molar-refractivity contribution in [2.45, 2.75) is 37.4 Å². The Balaban J connectivity index is 1.86. The van der Waals surface area contributed by atoms with Gasteiger partial charge in [-0.1, -0.05) is 42.5 Å². The van der Waals surface area contributed by atoms with Crippen molar-refractivity contribution >= 4 is 34.5 Å². The van der Waals surface area contributed by atoms with Crippen molar-refractivity contribution in [3.05, 3.63) is 70.0 Å². The lowest BCUT2D eigenvalue weighted by molar-refractivity contribution is -0.110. The molecule has 138 valence electrons. The van der Waals surface area contributed by atoms with E-state index in [0.717, 1.165) is 22.6 Å². The second-order valence-corrected chi connectivity index (χ2v) is 8.20. The van der Waals surface area contributed by atoms with E-state index in [0.29, 0.717) is 12.2 Å². The van der Waals surface area contributed by atoms with Crippen molar-refractivity contribution in [3.8, 4) is 0 Å². The minimum Gasteiger partial charge on any atom is -0.381 e. The molecule has 5 heteroatoms. The van der Waals surface area contributed by atoms with Crippen LogP contribution in [0.2, 0.25) is 0 Å². The molecule has 0 spiro atoms. The van der Waals surface area contributed by atoms with Crippen LogP contribution in [0.15, 0.2) is 58.4 Å². The van der Waals surface area contributed by atoms with E-state index in [2.05, 4.69) is 49.5 Å². The van der Waals surface area contributed by atoms with Gasteiger partial charge in [-0.25, -0.2) is 0 Å². The molecule has 1 aliphatic heterocycles. The van der Waals surface area contributed by atoms with E-state index >= 15 is 0 Å². The lowest BCUT2D eigenvalue weighted by Gasteiger charge is -2.20. The minimum absolute atomic E-state index is 0.100. The van der Waals surface area contributed by atoms with E-state index in [4.69, 9.17) is 0 Å². The fourth-order valence-electron chi connectivity index (χ4n) is 3.68. The van der Waals surface area contributed by atoms with Crippen molar-refractivity contribution in [3.63, 3.8) is 0 Å². The second-order valence-electron chi connectivity index (χ2n) is 7.19. The zero-order valence-corrected chi connectivity index (χ0v) is 16.3. The second kappa shape index (κ2) is 7.24. The average molecular weight is 378 g/mol. The molecule has 4 rings (SSSR count). The van der Waals surface area contributed by atoms with E-state index in [-0.39, 0.29) is 17.6 Å². The Bertz CT molecular complexity index is 1070. The van der Waals surface area contributed by atoms with Crippen LogP contribution in [-0.2, 0) is 11.2 Å². The first-order valence-corrected chi connectivity index (χ1v) is 10.2. The fourth-order valence-corrected chi connectivity index (χ4v) is 4.93. The molecule has 1 N–H and O–H groups in total. The number of fused-ring (bicyclic) bond motifs is 2. The van der Waals surface area contributed by atoms with Gasteiger partial charge < -0.3 is 10.1 Å². The van der Waals surface area contributed by atoms with Crippen molar-refractivity contribution in [2.24, 2.45) is 0 Å². The Morgan fingerprint density at radius 3 is 2.74 bits per heavy atom. The maximum atomic E-state index is 12.8. The largest absolute Gasteiger partial charge is 0.381 e. The summed E-state index contributed by atoms with van der Waals surface area (Å²) < 4.78 is 1.63. The summed E-state index contributed by atoms with van der Waals surface area (Å²) in [7, 11) is 0. The number of aldehydes is 1. The van der Waals surface area contributed by atoms with Gasteiger partial charge in [0.1, 0.15) is 17.4 Å². The number of hydrogen-bond donors (Lipinski definition) is 1. The molecule has 1 unspecified atom stereocenters. The highest BCUT2D eigenvalue weighted by Gasteiger charge is 2.28. The highest BCUT2D eigenvalue weighted by atomic mass is 32.2. The van der Waals surface area contributed by atoms with Gasteiger partial charge in [0.2, 0.25) is 0 Å². The topological polar surface area (TPSA) is 51.1 Å². The van der Waals surface area contributed by atoms with E-state index < -0.39 is 0 Å². The third-order valence-electron chi connectivity index (χ3n) is 4.86. The number of aromatic nitrogens is 1. The number of nitrogens with one attached hydrogen (secondary N) is 1. The minimum atomic E-state index is -0.378. The van der Waals surface area contributed by atoms with Crippen LogP contribution in [0.25, 0.3) is 10.8 Å². The summed E-state index contributed by atoms with van der Waals surface area (Å²) in [5, 5.41) is 6.79. The lowest BCUT2D eigenvalue weighted by Crippen LogP contribution is -2.26. The Morgan fingerprint density at radius 1 is 1.19 bits per heavy atom. The molecule has 1 aliphatic rings. The van der Waals surface area contributed by atoms with E-state index in [1.165, 1.54) is 16.3 Å². The Hall–Kier alpha value is -2.53. The van der Waals surface area contributed by atoms with Crippen LogP contribution >= 0.6 is 11.8 Å². The number of hydrogen-bond acceptors (Lipinski definition) is 4. The maximum Gasteiger partial charge on any atom is 0.252 e. The Kier molecular flexibility index (Phi) is 4.79. The van der Waals surface area contributed by atoms with Crippen LogP contribution in [-0.4, -0.2) is 22.6 Å². The van der Waals surface area contributed by atoms with Gasteiger partial charge in [-0.3, -0.25) is 9.36 Å². The predicted octanol–water partition coefficient (Wildman–Crippen LogP) is 4.26. The smallest absolute Gasteiger partial charge is 0.252 e. The van der Waals surface area contributed by atoms with Gasteiger partial charge >= 0.3 is 0 Å². The zero-order valence-electron chi connectivity index (χ0n) is 15.4. The number of anilines is 1. The summed E-state index contributed by atoms with van der Waals surface area (Å²) in [6.45, 7) is 4.17. The quantitative estimate of drug-likeness (QED) is 0.674. The van der Waals surface area contributed by atoms with Crippen LogP contribution in [0.5, 0.6) is 0 Å². The van der Waals surface area contributed by atoms with Gasteiger partial charge in [0, 0.05) is 24.3 Å². The molecule has 2 heterocycles. The Morgan fingerprint density at radius 2 is 1.96 bits per heavy atom. The molecule has 0 saturated carbocycles. The van der Waals surface area contributed by atoms with Gasteiger partial charge in [0.15, 0.2) is 0 Å². The highest BCUT2D eigenvalue weighted by Crippen LogP contribution is 2.39. The van der Waals surface area contributed by atoms with Crippen LogP contribution in [0, 0.1) is 0 Å². The number of thioether (sulfide) groups is 1. The lowest BCUT2D eigenvalue weighted by atomic mass is 9.98. The monoisotopic (exact) mass is 378 g/mol. The van der Waals surface area contributed by atoms with Crippen LogP contribution in [0.3, 0.4) is 0 Å². The van der Waals surface area contributed by atoms with E-state index in [9.17, 15) is 9.59 Å². The first-order valence-electron chi connectivity index (χ1n) is 9.18. The molecule has 0 amide bonds. The standard InChI is InChI=1S/C22H22N2O2S/c1-14(2)23-21-17(11-20(26)24-18(12-25)13-27-22(21)24)10-16-8-5-7-15-6-3-4-9-19(15)16/h3-9,11-12,14,18,23H,10,13H2,1-2H3. The van der Waals surface area contributed by atoms with E-state index in [1.807, 2.05) is 12.1 Å². The molecule has 2 aromatic carbocycles. The van der Waals surface area contributed by atoms with Gasteiger partial charge in [-0.05, 0) is 35.7 Å². The van der Waals surface area contributed by atoms with Crippen molar-refractivity contribution in [2.75, 3.05) is 11.1 Å². The van der Waals surface area contributed by atoms with Gasteiger partial charge in [-0.2, -0.15) is 0 Å². The molecule has 1 aromatic heterocycles. The predicted molar refractivity (Wildman–Crippen MR) is 112 cm³/mol. The zero-order chi connectivity index (χ0) is 19.0. The van der Waals surface area contributed by atoms with Crippen molar-refractivity contribution < 1.29 is 4.79 Å². The molecule has 0 radical (unpaired) electrons. The molecule has 3 aromatic rings. The average Bonchev–Trinajstić information content (AvgIpc) is 3.10. The van der Waals surface area contributed by atoms with Gasteiger partial charge in [-0.15, -0.1) is 11.8 Å². The first-order chi connectivity index (χ1) is 13.1. The molecule has 1 atom stereocenters. The highest BCUT2D eigenvalue weighted by molar-refractivity contribution is 7.99. The number of benzene rings is 2. The molecule has 27 heavy (non-hydrogen) atoms. The molecule has 0 saturated heterocycles. The third kappa shape index (κ3) is 3.28. The number of pyridine rings is 1. The van der Waals surface area contributed by atoms with Gasteiger partial charge in [0.25, 0.3) is 5.56 Å². The fraction of sp³-hybridized carbons (Fsp3) is 0.273. The van der Waals surface area contributed by atoms with Crippen LogP contribution in [0.4, 0.5) is 5.69 Å². The number of rotatable bonds is 5. The first kappa shape index (κ1) is 17.9. The summed E-state index contributed by atoms with van der Waals surface area (Å²) in [6.07, 6.45) is 1.54. The summed E-state index contributed by atoms with van der Waals surface area (Å²) in [5.74, 6) is 0.614. The maximum absolute atomic E-state index is 12.8. The summed E-state index contributed by atoms with van der Waals surface area (Å²) in [4.78, 5) is 24.1. The molecule has 0 fully saturated rings. The molecule has 0 aliphatic carbocycles. The molecular weight excluding hydrogens is 356 g/mol. The number of carbonyl (C=O) groups excluding carboxylic acids is 1. The van der Waals surface area contributed by atoms with Crippen LogP contribution in [0.1, 0.15) is 31.0 Å². The van der Waals surface area contributed by atoms with Crippen molar-refractivity contribution in [1.82, 2.24) is 4.57 Å². The molecular formula is C22H22N2O2S. The number of nitrogens with zero attached hydrogens (tertiary/aromatic N) is 1. The summed E-state index contributed by atoms with van der Waals surface area (Å²) >= 11 is 1.58. The number of carbonyl (C=O) groups is 1. The normalized spacial score (nSPS) is 15.9. The summed E-state index contributed by atoms with van der Waals surface area (Å²) in [6, 6.07) is 16.1. The third-order valence-corrected chi connectivity index (χ3v) is 6.04. The molecule has 4 nitrogen and oxygen atoms in total. The van der Waals surface area contributed by atoms with Gasteiger partial charge in [0.05, 0.1) is 5.69 Å². The van der Waals surface area contributed by atoms with Crippen molar-refractivity contribution in [1.29, 1.82) is 0 Å². The summed E-state index contributed by atoms with van der Waals surface area (Å²) in [5.41, 5.74) is 3.05. The SMILES string of the molecule is CC(C)Nc1c(Cc2cccc3ccccc23)cc(=O)n2c1SCC2C=O. The Labute approximate surface area is 162 Å². The van der Waals surface area contributed by atoms with E-state index in [1.54, 1.807) is 22.4 Å².